The van der Waals surface area contributed by atoms with E-state index in [-0.39, 0.29) is 24.6 Å². The van der Waals surface area contributed by atoms with Crippen LogP contribution in [0.3, 0.4) is 0 Å². The minimum atomic E-state index is -0.0416. The van der Waals surface area contributed by atoms with Crippen LogP contribution in [0.1, 0.15) is 58.0 Å². The van der Waals surface area contributed by atoms with Crippen LogP contribution >= 0.6 is 23.1 Å². The zero-order valence-corrected chi connectivity index (χ0v) is 22.1. The third-order valence-electron chi connectivity index (χ3n) is 6.22. The predicted molar refractivity (Wildman–Crippen MR) is 146 cm³/mol. The number of carbonyl (C=O) groups excluding carboxylic acids is 2. The summed E-state index contributed by atoms with van der Waals surface area (Å²) >= 11 is 3.17. The van der Waals surface area contributed by atoms with Crippen LogP contribution in [0.25, 0.3) is 5.70 Å². The highest BCUT2D eigenvalue weighted by atomic mass is 32.2. The van der Waals surface area contributed by atoms with E-state index >= 15 is 0 Å². The summed E-state index contributed by atoms with van der Waals surface area (Å²) in [5.74, 6) is 1.30. The van der Waals surface area contributed by atoms with Gasteiger partial charge < -0.3 is 15.1 Å². The van der Waals surface area contributed by atoms with E-state index in [4.69, 9.17) is 4.84 Å². The molecule has 2 fully saturated rings. The number of aldehydes is 1. The fraction of sp³-hybridized carbons (Fsp3) is 0.440. The average molecular weight is 527 g/mol. The lowest BCUT2D eigenvalue weighted by Crippen LogP contribution is -2.55. The Kier molecular flexibility index (Phi) is 8.87. The van der Waals surface area contributed by atoms with Crippen molar-refractivity contribution in [2.24, 2.45) is 10.1 Å². The summed E-state index contributed by atoms with van der Waals surface area (Å²) in [6.07, 6.45) is 6.66. The first kappa shape index (κ1) is 26.0. The second-order valence-electron chi connectivity index (χ2n) is 8.71. The molecule has 2 aliphatic rings. The zero-order valence-electron chi connectivity index (χ0n) is 20.5. The molecule has 0 unspecified atom stereocenters. The Balaban J connectivity index is 1.33. The largest absolute Gasteiger partial charge is 0.388 e. The van der Waals surface area contributed by atoms with Gasteiger partial charge in [0.25, 0.3) is 5.91 Å². The number of pyridine rings is 1. The molecule has 2 bridgehead atoms. The molecule has 2 aliphatic heterocycles. The average Bonchev–Trinajstić information content (AvgIpc) is 3.21. The highest BCUT2D eigenvalue weighted by molar-refractivity contribution is 8.02. The fourth-order valence-corrected chi connectivity index (χ4v) is 6.34. The fourth-order valence-electron chi connectivity index (χ4n) is 4.70. The molecular weight excluding hydrogens is 496 g/mol. The van der Waals surface area contributed by atoms with E-state index in [2.05, 4.69) is 32.2 Å². The van der Waals surface area contributed by atoms with Crippen molar-refractivity contribution in [3.8, 4) is 0 Å². The Bertz CT molecular complexity index is 1150. The third-order valence-corrected chi connectivity index (χ3v) is 8.02. The smallest absolute Gasteiger partial charge is 0.255 e. The van der Waals surface area contributed by atoms with Gasteiger partial charge in [0, 0.05) is 31.1 Å². The Morgan fingerprint density at radius 3 is 2.72 bits per heavy atom. The number of nitrogens with zero attached hydrogens (tertiary/aromatic N) is 5. The SMILES string of the molecule is C=N/C(=C\SCNc1ccc(C(=O)N2[C@@H]3CCC[C@H]2CC(=NOCC=O)C3)cn1)c1sc(C)nc1C. The molecule has 0 aliphatic carbocycles. The number of piperidine rings is 2. The normalized spacial score (nSPS) is 20.8. The Morgan fingerprint density at radius 1 is 1.33 bits per heavy atom. The number of thioether (sulfide) groups is 1. The molecular formula is C25H30N6O3S2. The van der Waals surface area contributed by atoms with Crippen LogP contribution in [-0.4, -0.2) is 64.1 Å². The van der Waals surface area contributed by atoms with Crippen LogP contribution < -0.4 is 5.32 Å². The standard InChI is InChI=1S/C25H30N6O3S2/c1-16-24(36-17(2)29-16)22(26-3)14-35-15-28-23-8-7-18(13-27-23)25(33)31-20-5-4-6-21(31)12-19(11-20)30-34-10-9-32/h7-9,13-14,20-21H,3-6,10-12,15H2,1-2H3,(H,27,28)/b22-14-,30-19?/t20-,21+. The van der Waals surface area contributed by atoms with Gasteiger partial charge in [-0.1, -0.05) is 5.16 Å². The van der Waals surface area contributed by atoms with Crippen LogP contribution in [0.2, 0.25) is 0 Å². The number of aromatic nitrogens is 2. The number of oxime groups is 1. The number of hydrogen-bond acceptors (Lipinski definition) is 10. The van der Waals surface area contributed by atoms with Crippen molar-refractivity contribution in [1.29, 1.82) is 0 Å². The summed E-state index contributed by atoms with van der Waals surface area (Å²) in [7, 11) is 0. The molecule has 2 atom stereocenters. The zero-order chi connectivity index (χ0) is 25.5. The van der Waals surface area contributed by atoms with E-state index in [0.717, 1.165) is 46.2 Å². The molecule has 36 heavy (non-hydrogen) atoms. The highest BCUT2D eigenvalue weighted by Gasteiger charge is 2.40. The van der Waals surface area contributed by atoms with Crippen molar-refractivity contribution in [3.05, 3.63) is 44.9 Å². The number of aryl methyl sites for hydroxylation is 2. The molecule has 4 rings (SSSR count). The number of fused-ring (bicyclic) bond motifs is 2. The minimum absolute atomic E-state index is 0.00541. The van der Waals surface area contributed by atoms with Crippen molar-refractivity contribution < 1.29 is 14.4 Å². The molecule has 0 spiro atoms. The summed E-state index contributed by atoms with van der Waals surface area (Å²) in [6, 6.07) is 3.86. The molecule has 0 saturated carbocycles. The quantitative estimate of drug-likeness (QED) is 0.157. The topological polar surface area (TPSA) is 109 Å². The Hall–Kier alpha value is -3.05. The van der Waals surface area contributed by atoms with Gasteiger partial charge in [0.2, 0.25) is 0 Å². The second kappa shape index (κ2) is 12.3. The van der Waals surface area contributed by atoms with Crippen LogP contribution in [0.15, 0.2) is 33.9 Å². The molecule has 1 N–H and O–H groups in total. The number of anilines is 1. The van der Waals surface area contributed by atoms with Gasteiger partial charge in [0.15, 0.2) is 12.9 Å². The molecule has 0 radical (unpaired) electrons. The van der Waals surface area contributed by atoms with Crippen LogP contribution in [0.5, 0.6) is 0 Å². The van der Waals surface area contributed by atoms with Gasteiger partial charge >= 0.3 is 0 Å². The van der Waals surface area contributed by atoms with Gasteiger partial charge in [0.1, 0.15) is 5.82 Å². The maximum absolute atomic E-state index is 13.3. The van der Waals surface area contributed by atoms with E-state index in [0.29, 0.717) is 36.4 Å². The van der Waals surface area contributed by atoms with Crippen molar-refractivity contribution in [3.63, 3.8) is 0 Å². The van der Waals surface area contributed by atoms with Gasteiger partial charge in [-0.15, -0.1) is 23.1 Å². The molecule has 9 nitrogen and oxygen atoms in total. The first-order chi connectivity index (χ1) is 17.5. The van der Waals surface area contributed by atoms with Gasteiger partial charge in [-0.05, 0) is 57.4 Å². The summed E-state index contributed by atoms with van der Waals surface area (Å²) in [4.78, 5) is 44.9. The lowest BCUT2D eigenvalue weighted by Gasteiger charge is -2.46. The van der Waals surface area contributed by atoms with Crippen LogP contribution in [-0.2, 0) is 9.63 Å². The van der Waals surface area contributed by atoms with Gasteiger partial charge in [0.05, 0.1) is 38.4 Å². The predicted octanol–water partition coefficient (Wildman–Crippen LogP) is 4.69. The van der Waals surface area contributed by atoms with Gasteiger partial charge in [-0.2, -0.15) is 0 Å². The van der Waals surface area contributed by atoms with Crippen LogP contribution in [0, 0.1) is 13.8 Å². The molecule has 4 heterocycles. The monoisotopic (exact) mass is 526 g/mol. The van der Waals surface area contributed by atoms with Crippen molar-refractivity contribution in [2.75, 3.05) is 17.8 Å². The lowest BCUT2D eigenvalue weighted by molar-refractivity contribution is -0.111. The van der Waals surface area contributed by atoms with E-state index in [1.807, 2.05) is 36.3 Å². The molecule has 11 heteroatoms. The van der Waals surface area contributed by atoms with Crippen molar-refractivity contribution >= 4 is 59.2 Å². The van der Waals surface area contributed by atoms with E-state index in [1.54, 1.807) is 29.3 Å². The summed E-state index contributed by atoms with van der Waals surface area (Å²) in [5.41, 5.74) is 3.28. The molecule has 2 aromatic rings. The van der Waals surface area contributed by atoms with Gasteiger partial charge in [-0.25, -0.2) is 9.97 Å². The van der Waals surface area contributed by atoms with Gasteiger partial charge in [-0.3, -0.25) is 14.6 Å². The number of rotatable bonds is 10. The third kappa shape index (κ3) is 6.19. The summed E-state index contributed by atoms with van der Waals surface area (Å²) in [5, 5.41) is 10.4. The number of carbonyl (C=O) groups is 2. The van der Waals surface area contributed by atoms with Crippen molar-refractivity contribution in [2.45, 2.75) is 58.0 Å². The number of hydrogen-bond donors (Lipinski definition) is 1. The molecule has 2 aromatic heterocycles. The maximum atomic E-state index is 13.3. The molecule has 0 aromatic carbocycles. The number of thiazole rings is 1. The number of amides is 1. The highest BCUT2D eigenvalue weighted by Crippen LogP contribution is 2.34. The summed E-state index contributed by atoms with van der Waals surface area (Å²) in [6.45, 7) is 7.60. The maximum Gasteiger partial charge on any atom is 0.255 e. The number of nitrogens with one attached hydrogen (secondary N) is 1. The first-order valence-corrected chi connectivity index (χ1v) is 13.7. The molecule has 190 valence electrons. The molecule has 2 saturated heterocycles. The van der Waals surface area contributed by atoms with E-state index < -0.39 is 0 Å². The van der Waals surface area contributed by atoms with Crippen LogP contribution in [0.4, 0.5) is 5.82 Å². The summed E-state index contributed by atoms with van der Waals surface area (Å²) < 4.78 is 0. The Morgan fingerprint density at radius 2 is 2.11 bits per heavy atom. The molecule has 1 amide bonds. The minimum Gasteiger partial charge on any atom is -0.388 e. The first-order valence-electron chi connectivity index (χ1n) is 11.9. The second-order valence-corrected chi connectivity index (χ2v) is 10.8. The van der Waals surface area contributed by atoms with E-state index in [9.17, 15) is 9.59 Å². The lowest BCUT2D eigenvalue weighted by atomic mass is 9.83. The Labute approximate surface area is 219 Å². The van der Waals surface area contributed by atoms with E-state index in [1.165, 1.54) is 0 Å². The number of aliphatic imine (C=N–C) groups is 1. The van der Waals surface area contributed by atoms with Crippen molar-refractivity contribution in [1.82, 2.24) is 14.9 Å².